The Bertz CT molecular complexity index is 1160. The smallest absolute Gasteiger partial charge is 0.339 e. The number of ether oxygens (including phenoxy) is 1. The summed E-state index contributed by atoms with van der Waals surface area (Å²) in [7, 11) is 0. The van der Waals surface area contributed by atoms with E-state index >= 15 is 0 Å². The Morgan fingerprint density at radius 1 is 1.15 bits per heavy atom. The predicted molar refractivity (Wildman–Crippen MR) is 103 cm³/mol. The number of nitrogens with one attached hydrogen (secondary N) is 1. The number of hydrogen-bond acceptors (Lipinski definition) is 8. The molecule has 7 nitrogen and oxygen atoms in total. The Hall–Kier alpha value is -3.10. The number of nitrogens with zero attached hydrogens (tertiary/aromatic N) is 2. The average molecular weight is 402 g/mol. The Labute approximate surface area is 161 Å². The summed E-state index contributed by atoms with van der Waals surface area (Å²) >= 11 is 7.20. The van der Waals surface area contributed by atoms with Crippen molar-refractivity contribution < 1.29 is 14.3 Å². The number of halogens is 1. The van der Waals surface area contributed by atoms with Crippen LogP contribution in [0, 0.1) is 0 Å². The van der Waals surface area contributed by atoms with Crippen LogP contribution in [0.5, 0.6) is 11.5 Å². The van der Waals surface area contributed by atoms with Crippen molar-refractivity contribution in [2.75, 3.05) is 5.32 Å². The molecule has 0 aliphatic heterocycles. The molecule has 0 saturated heterocycles. The molecule has 2 N–H and O–H groups in total. The third-order valence-electron chi connectivity index (χ3n) is 3.60. The first-order valence-electron chi connectivity index (χ1n) is 7.81. The van der Waals surface area contributed by atoms with Crippen molar-refractivity contribution in [2.24, 2.45) is 0 Å². The molecule has 0 saturated carbocycles. The monoisotopic (exact) mass is 401 g/mol. The lowest BCUT2D eigenvalue weighted by Crippen LogP contribution is -2.02. The standard InChI is InChI=1S/C18H12ClN3O4S/c19-10-1-3-11(4-2-10)20-18-22-21-16(27-18)9-25-14-8-17(24)26-15-7-12(23)5-6-13(14)15/h1-8,23H,9H2,(H,20,22). The molecule has 136 valence electrons. The number of rotatable bonds is 5. The third-order valence-corrected chi connectivity index (χ3v) is 4.67. The lowest BCUT2D eigenvalue weighted by Gasteiger charge is -2.06. The number of fused-ring (bicyclic) bond motifs is 1. The first-order valence-corrected chi connectivity index (χ1v) is 9.01. The van der Waals surface area contributed by atoms with Gasteiger partial charge in [-0.1, -0.05) is 22.9 Å². The summed E-state index contributed by atoms with van der Waals surface area (Å²) in [6.45, 7) is 0.138. The van der Waals surface area contributed by atoms with Gasteiger partial charge in [-0.05, 0) is 36.4 Å². The summed E-state index contributed by atoms with van der Waals surface area (Å²) in [6, 6.07) is 13.0. The van der Waals surface area contributed by atoms with Crippen LogP contribution in [0.3, 0.4) is 0 Å². The molecule has 4 rings (SSSR count). The summed E-state index contributed by atoms with van der Waals surface area (Å²) in [6.07, 6.45) is 0. The van der Waals surface area contributed by atoms with Crippen molar-refractivity contribution in [3.8, 4) is 11.5 Å². The van der Waals surface area contributed by atoms with Gasteiger partial charge in [0.2, 0.25) is 5.13 Å². The van der Waals surface area contributed by atoms with Crippen molar-refractivity contribution in [3.63, 3.8) is 0 Å². The molecule has 0 atom stereocenters. The van der Waals surface area contributed by atoms with Crippen LogP contribution in [0.2, 0.25) is 5.02 Å². The maximum absolute atomic E-state index is 11.7. The van der Waals surface area contributed by atoms with Gasteiger partial charge in [0.05, 0.1) is 11.5 Å². The van der Waals surface area contributed by atoms with Gasteiger partial charge in [-0.2, -0.15) is 0 Å². The lowest BCUT2D eigenvalue weighted by molar-refractivity contribution is 0.305. The van der Waals surface area contributed by atoms with E-state index < -0.39 is 5.63 Å². The number of hydrogen-bond donors (Lipinski definition) is 2. The second-order valence-corrected chi connectivity index (χ2v) is 7.03. The third kappa shape index (κ3) is 4.02. The first kappa shape index (κ1) is 17.3. The molecule has 9 heteroatoms. The van der Waals surface area contributed by atoms with Gasteiger partial charge in [0, 0.05) is 16.8 Å². The van der Waals surface area contributed by atoms with Crippen LogP contribution in [0.4, 0.5) is 10.8 Å². The minimum atomic E-state index is -0.564. The molecular formula is C18H12ClN3O4S. The van der Waals surface area contributed by atoms with Crippen molar-refractivity contribution in [1.29, 1.82) is 0 Å². The number of aromatic hydroxyl groups is 1. The van der Waals surface area contributed by atoms with Crippen LogP contribution < -0.4 is 15.7 Å². The van der Waals surface area contributed by atoms with Crippen LogP contribution >= 0.6 is 22.9 Å². The summed E-state index contributed by atoms with van der Waals surface area (Å²) in [4.78, 5) is 11.7. The molecule has 27 heavy (non-hydrogen) atoms. The quantitative estimate of drug-likeness (QED) is 0.480. The zero-order chi connectivity index (χ0) is 18.8. The Morgan fingerprint density at radius 3 is 2.78 bits per heavy atom. The fraction of sp³-hybridized carbons (Fsp3) is 0.0556. The van der Waals surface area contributed by atoms with E-state index in [1.807, 2.05) is 12.1 Å². The van der Waals surface area contributed by atoms with Gasteiger partial charge >= 0.3 is 5.63 Å². The van der Waals surface area contributed by atoms with Crippen molar-refractivity contribution in [2.45, 2.75) is 6.61 Å². The fourth-order valence-corrected chi connectivity index (χ4v) is 3.20. The van der Waals surface area contributed by atoms with Gasteiger partial charge in [0.15, 0.2) is 5.01 Å². The Morgan fingerprint density at radius 2 is 1.96 bits per heavy atom. The number of benzene rings is 2. The van der Waals surface area contributed by atoms with E-state index in [0.29, 0.717) is 26.3 Å². The Balaban J connectivity index is 1.49. The van der Waals surface area contributed by atoms with Crippen LogP contribution in [-0.4, -0.2) is 15.3 Å². The van der Waals surface area contributed by atoms with E-state index in [2.05, 4.69) is 15.5 Å². The molecule has 0 spiro atoms. The molecular weight excluding hydrogens is 390 g/mol. The van der Waals surface area contributed by atoms with Gasteiger partial charge in [-0.25, -0.2) is 4.79 Å². The molecule has 4 aromatic rings. The molecule has 0 unspecified atom stereocenters. The van der Waals surface area contributed by atoms with E-state index in [4.69, 9.17) is 20.8 Å². The van der Waals surface area contributed by atoms with Crippen LogP contribution in [0.1, 0.15) is 5.01 Å². The molecule has 0 bridgehead atoms. The highest BCUT2D eigenvalue weighted by molar-refractivity contribution is 7.15. The zero-order valence-corrected chi connectivity index (χ0v) is 15.3. The zero-order valence-electron chi connectivity index (χ0n) is 13.7. The topological polar surface area (TPSA) is 97.5 Å². The van der Waals surface area contributed by atoms with Gasteiger partial charge in [0.25, 0.3) is 0 Å². The van der Waals surface area contributed by atoms with Crippen LogP contribution in [0.25, 0.3) is 11.0 Å². The molecule has 0 aliphatic rings. The maximum atomic E-state index is 11.7. The van der Waals surface area contributed by atoms with E-state index in [9.17, 15) is 9.90 Å². The number of phenols is 1. The highest BCUT2D eigenvalue weighted by atomic mass is 35.5. The van der Waals surface area contributed by atoms with Crippen LogP contribution in [-0.2, 0) is 6.61 Å². The summed E-state index contributed by atoms with van der Waals surface area (Å²) in [5.41, 5.74) is 0.528. The van der Waals surface area contributed by atoms with Gasteiger partial charge in [-0.15, -0.1) is 10.2 Å². The highest BCUT2D eigenvalue weighted by Crippen LogP contribution is 2.28. The lowest BCUT2D eigenvalue weighted by atomic mass is 10.2. The molecule has 2 aromatic heterocycles. The second-order valence-electron chi connectivity index (χ2n) is 5.53. The number of phenolic OH excluding ortho intramolecular Hbond substituents is 1. The van der Waals surface area contributed by atoms with E-state index in [1.54, 1.807) is 18.2 Å². The van der Waals surface area contributed by atoms with E-state index in [-0.39, 0.29) is 17.9 Å². The molecule has 0 radical (unpaired) electrons. The normalized spacial score (nSPS) is 10.9. The SMILES string of the molecule is O=c1cc(OCc2nnc(Nc3ccc(Cl)cc3)s2)c2ccc(O)cc2o1. The largest absolute Gasteiger partial charge is 0.508 e. The van der Waals surface area contributed by atoms with Crippen molar-refractivity contribution in [1.82, 2.24) is 10.2 Å². The van der Waals surface area contributed by atoms with Gasteiger partial charge < -0.3 is 19.6 Å². The maximum Gasteiger partial charge on any atom is 0.339 e. The summed E-state index contributed by atoms with van der Waals surface area (Å²) in [5.74, 6) is 0.355. The number of aromatic nitrogens is 2. The first-order chi connectivity index (χ1) is 13.1. The van der Waals surface area contributed by atoms with Crippen LogP contribution in [0.15, 0.2) is 57.7 Å². The van der Waals surface area contributed by atoms with Crippen molar-refractivity contribution >= 4 is 44.7 Å². The minimum absolute atomic E-state index is 0.00448. The molecule has 2 heterocycles. The fourth-order valence-electron chi connectivity index (χ4n) is 2.40. The van der Waals surface area contributed by atoms with Gasteiger partial charge in [0.1, 0.15) is 23.7 Å². The van der Waals surface area contributed by atoms with Crippen molar-refractivity contribution in [3.05, 3.63) is 69.0 Å². The molecule has 2 aromatic carbocycles. The van der Waals surface area contributed by atoms with E-state index in [0.717, 1.165) is 5.69 Å². The number of anilines is 2. The van der Waals surface area contributed by atoms with E-state index in [1.165, 1.54) is 29.5 Å². The summed E-state index contributed by atoms with van der Waals surface area (Å²) in [5, 5.41) is 23.3. The van der Waals surface area contributed by atoms with Gasteiger partial charge in [-0.3, -0.25) is 0 Å². The molecule has 0 fully saturated rings. The second kappa shape index (κ2) is 7.26. The molecule has 0 aliphatic carbocycles. The minimum Gasteiger partial charge on any atom is -0.508 e. The average Bonchev–Trinajstić information content (AvgIpc) is 3.08. The Kier molecular flexibility index (Phi) is 4.66. The molecule has 0 amide bonds. The highest BCUT2D eigenvalue weighted by Gasteiger charge is 2.10. The predicted octanol–water partition coefficient (Wildman–Crippen LogP) is 4.33. The summed E-state index contributed by atoms with van der Waals surface area (Å²) < 4.78 is 10.8.